The molecule has 1 atom stereocenters. The van der Waals surface area contributed by atoms with Gasteiger partial charge in [0.15, 0.2) is 0 Å². The average Bonchev–Trinajstić information content (AvgIpc) is 2.54. The quantitative estimate of drug-likeness (QED) is 0.867. The average molecular weight is 302 g/mol. The molecule has 0 saturated carbocycles. The summed E-state index contributed by atoms with van der Waals surface area (Å²) < 4.78 is 0. The van der Waals surface area contributed by atoms with Crippen LogP contribution < -0.4 is 5.32 Å². The number of anilines is 1. The Bertz CT molecular complexity index is 510. The third-order valence-electron chi connectivity index (χ3n) is 4.29. The number of aryl methyl sites for hydroxylation is 1. The van der Waals surface area contributed by atoms with Gasteiger partial charge in [0.1, 0.15) is 0 Å². The lowest BCUT2D eigenvalue weighted by Gasteiger charge is -2.32. The number of rotatable bonds is 4. The van der Waals surface area contributed by atoms with Crippen LogP contribution in [0.1, 0.15) is 51.5 Å². The highest BCUT2D eigenvalue weighted by Gasteiger charge is 2.28. The number of unbranched alkanes of at least 4 members (excludes halogenated alkanes) is 1. The van der Waals surface area contributed by atoms with Gasteiger partial charge in [0.25, 0.3) is 0 Å². The Labute approximate surface area is 132 Å². The Balaban J connectivity index is 1.91. The highest BCUT2D eigenvalue weighted by atomic mass is 16.2. The number of nitrogens with one attached hydrogen (secondary N) is 1. The Kier molecular flexibility index (Phi) is 5.99. The van der Waals surface area contributed by atoms with Crippen LogP contribution in [-0.4, -0.2) is 29.3 Å². The largest absolute Gasteiger partial charge is 0.332 e. The van der Waals surface area contributed by atoms with Crippen molar-refractivity contribution in [3.8, 4) is 0 Å². The molecule has 1 aromatic rings. The molecule has 1 aromatic carbocycles. The van der Waals surface area contributed by atoms with Crippen LogP contribution in [0.25, 0.3) is 0 Å². The van der Waals surface area contributed by atoms with Crippen molar-refractivity contribution in [1.82, 2.24) is 4.90 Å². The van der Waals surface area contributed by atoms with E-state index in [2.05, 4.69) is 12.2 Å². The lowest BCUT2D eigenvalue weighted by molar-refractivity contribution is -0.145. The second-order valence-electron chi connectivity index (χ2n) is 6.10. The van der Waals surface area contributed by atoms with Crippen molar-refractivity contribution in [1.29, 1.82) is 0 Å². The summed E-state index contributed by atoms with van der Waals surface area (Å²) in [7, 11) is 0. The molecule has 0 aromatic heterocycles. The first kappa shape index (κ1) is 16.5. The van der Waals surface area contributed by atoms with Crippen molar-refractivity contribution < 1.29 is 9.59 Å². The molecule has 1 aliphatic rings. The van der Waals surface area contributed by atoms with E-state index in [0.717, 1.165) is 32.1 Å². The van der Waals surface area contributed by atoms with Crippen LogP contribution in [0.4, 0.5) is 5.69 Å². The summed E-state index contributed by atoms with van der Waals surface area (Å²) in [6.45, 7) is 4.86. The maximum absolute atomic E-state index is 12.2. The van der Waals surface area contributed by atoms with Gasteiger partial charge in [-0.15, -0.1) is 0 Å². The van der Waals surface area contributed by atoms with E-state index in [0.29, 0.717) is 12.2 Å². The van der Waals surface area contributed by atoms with Gasteiger partial charge >= 0.3 is 11.8 Å². The second-order valence-corrected chi connectivity index (χ2v) is 6.10. The van der Waals surface area contributed by atoms with E-state index in [-0.39, 0.29) is 6.04 Å². The maximum atomic E-state index is 12.2. The number of hydrogen-bond donors (Lipinski definition) is 1. The molecule has 4 heteroatoms. The lowest BCUT2D eigenvalue weighted by Crippen LogP contribution is -2.47. The third kappa shape index (κ3) is 4.33. The standard InChI is InChI=1S/C18H26N2O2/c1-3-4-8-15-9-11-16(12-10-15)19-17(21)18(22)20-13-6-5-7-14(20)2/h9-12,14H,3-8,13H2,1-2H3,(H,19,21). The fraction of sp³-hybridized carbons (Fsp3) is 0.556. The number of amides is 2. The number of hydrogen-bond acceptors (Lipinski definition) is 2. The number of nitrogens with zero attached hydrogens (tertiary/aromatic N) is 1. The minimum absolute atomic E-state index is 0.156. The van der Waals surface area contributed by atoms with E-state index >= 15 is 0 Å². The van der Waals surface area contributed by atoms with E-state index < -0.39 is 11.8 Å². The van der Waals surface area contributed by atoms with Gasteiger partial charge in [-0.3, -0.25) is 9.59 Å². The first-order valence-electron chi connectivity index (χ1n) is 8.32. The van der Waals surface area contributed by atoms with Crippen molar-refractivity contribution in [2.24, 2.45) is 0 Å². The molecular weight excluding hydrogens is 276 g/mol. The van der Waals surface area contributed by atoms with Crippen LogP contribution in [0.2, 0.25) is 0 Å². The van der Waals surface area contributed by atoms with Gasteiger partial charge in [-0.1, -0.05) is 25.5 Å². The van der Waals surface area contributed by atoms with Crippen molar-refractivity contribution in [2.75, 3.05) is 11.9 Å². The van der Waals surface area contributed by atoms with E-state index in [1.807, 2.05) is 31.2 Å². The van der Waals surface area contributed by atoms with Gasteiger partial charge < -0.3 is 10.2 Å². The van der Waals surface area contributed by atoms with Gasteiger partial charge in [0, 0.05) is 18.3 Å². The van der Waals surface area contributed by atoms with Crippen LogP contribution in [0, 0.1) is 0 Å². The number of carbonyl (C=O) groups excluding carboxylic acids is 2. The van der Waals surface area contributed by atoms with Crippen molar-refractivity contribution in [3.05, 3.63) is 29.8 Å². The summed E-state index contributed by atoms with van der Waals surface area (Å²) in [6.07, 6.45) is 6.47. The third-order valence-corrected chi connectivity index (χ3v) is 4.29. The summed E-state index contributed by atoms with van der Waals surface area (Å²) in [5.74, 6) is -0.947. The van der Waals surface area contributed by atoms with E-state index in [9.17, 15) is 9.59 Å². The molecule has 1 heterocycles. The number of likely N-dealkylation sites (tertiary alicyclic amines) is 1. The molecule has 1 aliphatic heterocycles. The Morgan fingerprint density at radius 2 is 1.95 bits per heavy atom. The molecule has 2 amide bonds. The summed E-state index contributed by atoms with van der Waals surface area (Å²) in [5, 5.41) is 2.71. The van der Waals surface area contributed by atoms with Gasteiger partial charge in [-0.2, -0.15) is 0 Å². The molecule has 1 N–H and O–H groups in total. The summed E-state index contributed by atoms with van der Waals surface area (Å²) >= 11 is 0. The summed E-state index contributed by atoms with van der Waals surface area (Å²) in [5.41, 5.74) is 1.94. The molecule has 0 spiro atoms. The van der Waals surface area contributed by atoms with Crippen LogP contribution in [0.5, 0.6) is 0 Å². The molecule has 1 saturated heterocycles. The Morgan fingerprint density at radius 3 is 2.59 bits per heavy atom. The molecule has 0 radical (unpaired) electrons. The minimum Gasteiger partial charge on any atom is -0.332 e. The summed E-state index contributed by atoms with van der Waals surface area (Å²) in [6, 6.07) is 7.92. The van der Waals surface area contributed by atoms with Crippen molar-refractivity contribution in [2.45, 2.75) is 58.4 Å². The van der Waals surface area contributed by atoms with Gasteiger partial charge in [-0.25, -0.2) is 0 Å². The molecule has 0 bridgehead atoms. The predicted molar refractivity (Wildman–Crippen MR) is 88.7 cm³/mol. The monoisotopic (exact) mass is 302 g/mol. The van der Waals surface area contributed by atoms with Gasteiger partial charge in [-0.05, 0) is 56.7 Å². The Hall–Kier alpha value is -1.84. The summed E-state index contributed by atoms with van der Waals surface area (Å²) in [4.78, 5) is 26.0. The zero-order valence-electron chi connectivity index (χ0n) is 13.6. The first-order valence-corrected chi connectivity index (χ1v) is 8.32. The van der Waals surface area contributed by atoms with E-state index in [4.69, 9.17) is 0 Å². The number of benzene rings is 1. The van der Waals surface area contributed by atoms with Crippen LogP contribution in [-0.2, 0) is 16.0 Å². The van der Waals surface area contributed by atoms with Crippen molar-refractivity contribution >= 4 is 17.5 Å². The minimum atomic E-state index is -0.532. The molecule has 1 fully saturated rings. The maximum Gasteiger partial charge on any atom is 0.313 e. The number of carbonyl (C=O) groups is 2. The van der Waals surface area contributed by atoms with Crippen LogP contribution in [0.15, 0.2) is 24.3 Å². The topological polar surface area (TPSA) is 49.4 Å². The Morgan fingerprint density at radius 1 is 1.23 bits per heavy atom. The fourth-order valence-corrected chi connectivity index (χ4v) is 2.85. The zero-order valence-corrected chi connectivity index (χ0v) is 13.6. The molecule has 22 heavy (non-hydrogen) atoms. The number of piperidine rings is 1. The SMILES string of the molecule is CCCCc1ccc(NC(=O)C(=O)N2CCCCC2C)cc1. The molecule has 2 rings (SSSR count). The molecule has 0 aliphatic carbocycles. The van der Waals surface area contributed by atoms with Crippen LogP contribution >= 0.6 is 0 Å². The van der Waals surface area contributed by atoms with Crippen molar-refractivity contribution in [3.63, 3.8) is 0 Å². The van der Waals surface area contributed by atoms with Gasteiger partial charge in [0.05, 0.1) is 0 Å². The molecule has 120 valence electrons. The predicted octanol–water partition coefficient (Wildman–Crippen LogP) is 3.37. The van der Waals surface area contributed by atoms with Crippen LogP contribution in [0.3, 0.4) is 0 Å². The molecular formula is C18H26N2O2. The smallest absolute Gasteiger partial charge is 0.313 e. The highest BCUT2D eigenvalue weighted by Crippen LogP contribution is 2.17. The molecule has 4 nitrogen and oxygen atoms in total. The first-order chi connectivity index (χ1) is 10.6. The van der Waals surface area contributed by atoms with E-state index in [1.165, 1.54) is 12.0 Å². The lowest BCUT2D eigenvalue weighted by atomic mass is 10.0. The second kappa shape index (κ2) is 7.97. The highest BCUT2D eigenvalue weighted by molar-refractivity contribution is 6.39. The molecule has 1 unspecified atom stereocenters. The fourth-order valence-electron chi connectivity index (χ4n) is 2.85. The van der Waals surface area contributed by atoms with E-state index in [1.54, 1.807) is 4.90 Å². The zero-order chi connectivity index (χ0) is 15.9. The van der Waals surface area contributed by atoms with Gasteiger partial charge in [0.2, 0.25) is 0 Å². The normalized spacial score (nSPS) is 18.1.